The second-order valence-corrected chi connectivity index (χ2v) is 6.11. The molecule has 0 atom stereocenters. The lowest BCUT2D eigenvalue weighted by molar-refractivity contribution is 0.0690. The molecule has 0 amide bonds. The molecule has 3 N–H and O–H groups in total. The van der Waals surface area contributed by atoms with Gasteiger partial charge in [-0.15, -0.1) is 0 Å². The Kier molecular flexibility index (Phi) is 9.92. The molecule has 0 unspecified atom stereocenters. The number of carbonyl (C=O) groups is 1. The van der Waals surface area contributed by atoms with Crippen molar-refractivity contribution in [3.63, 3.8) is 0 Å². The van der Waals surface area contributed by atoms with Crippen molar-refractivity contribution in [1.82, 2.24) is 0 Å². The van der Waals surface area contributed by atoms with Crippen molar-refractivity contribution in [3.05, 3.63) is 23.3 Å². The molecule has 136 valence electrons. The molecule has 0 aliphatic rings. The van der Waals surface area contributed by atoms with E-state index < -0.39 is 17.5 Å². The monoisotopic (exact) mass is 338 g/mol. The molecular formula is C19H30O5. The molecular weight excluding hydrogens is 308 g/mol. The SMILES string of the molecule is CCCCCCCCCCOCCc1ccc(O)c(O)c1C(=O)O. The fraction of sp³-hybridized carbons (Fsp3) is 0.632. The molecule has 0 bridgehead atoms. The number of phenolic OH excluding ortho intramolecular Hbond substituents is 1. The number of aromatic carboxylic acids is 1. The average Bonchev–Trinajstić information content (AvgIpc) is 2.55. The summed E-state index contributed by atoms with van der Waals surface area (Å²) in [6, 6.07) is 2.81. The van der Waals surface area contributed by atoms with E-state index in [-0.39, 0.29) is 5.56 Å². The summed E-state index contributed by atoms with van der Waals surface area (Å²) >= 11 is 0. The number of carboxylic acids is 1. The predicted molar refractivity (Wildman–Crippen MR) is 93.9 cm³/mol. The first-order valence-electron chi connectivity index (χ1n) is 8.92. The van der Waals surface area contributed by atoms with Crippen LogP contribution in [0.25, 0.3) is 0 Å². The third kappa shape index (κ3) is 7.21. The zero-order valence-corrected chi connectivity index (χ0v) is 14.6. The summed E-state index contributed by atoms with van der Waals surface area (Å²) in [5, 5.41) is 28.2. The van der Waals surface area contributed by atoms with Crippen LogP contribution >= 0.6 is 0 Å². The Morgan fingerprint density at radius 2 is 1.58 bits per heavy atom. The van der Waals surface area contributed by atoms with Gasteiger partial charge in [-0.25, -0.2) is 4.79 Å². The van der Waals surface area contributed by atoms with Crippen molar-refractivity contribution in [2.75, 3.05) is 13.2 Å². The number of carboxylic acid groups (broad SMARTS) is 1. The maximum absolute atomic E-state index is 11.2. The topological polar surface area (TPSA) is 87.0 Å². The first kappa shape index (κ1) is 20.3. The van der Waals surface area contributed by atoms with Crippen molar-refractivity contribution in [1.29, 1.82) is 0 Å². The molecule has 1 rings (SSSR count). The smallest absolute Gasteiger partial charge is 0.339 e. The van der Waals surface area contributed by atoms with Crippen LogP contribution in [0.4, 0.5) is 0 Å². The van der Waals surface area contributed by atoms with Gasteiger partial charge in [-0.05, 0) is 24.5 Å². The molecule has 0 radical (unpaired) electrons. The zero-order valence-electron chi connectivity index (χ0n) is 14.6. The van der Waals surface area contributed by atoms with Crippen LogP contribution in [0.1, 0.15) is 74.2 Å². The highest BCUT2D eigenvalue weighted by atomic mass is 16.5. The van der Waals surface area contributed by atoms with Gasteiger partial charge in [0.1, 0.15) is 5.56 Å². The van der Waals surface area contributed by atoms with Crippen molar-refractivity contribution in [2.24, 2.45) is 0 Å². The number of ether oxygens (including phenoxy) is 1. The minimum Gasteiger partial charge on any atom is -0.504 e. The molecule has 0 saturated carbocycles. The number of benzene rings is 1. The standard InChI is InChI=1S/C19H30O5/c1-2-3-4-5-6-7-8-9-13-24-14-12-15-10-11-16(20)18(21)17(15)19(22)23/h10-11,20-21H,2-9,12-14H2,1H3,(H,22,23). The molecule has 0 aromatic heterocycles. The minimum atomic E-state index is -1.25. The molecule has 0 aliphatic carbocycles. The van der Waals surface area contributed by atoms with Crippen LogP contribution in [0.15, 0.2) is 12.1 Å². The van der Waals surface area contributed by atoms with Crippen molar-refractivity contribution >= 4 is 5.97 Å². The quantitative estimate of drug-likeness (QED) is 0.364. The van der Waals surface area contributed by atoms with E-state index in [4.69, 9.17) is 9.84 Å². The van der Waals surface area contributed by atoms with E-state index in [1.54, 1.807) is 0 Å². The highest BCUT2D eigenvalue weighted by Crippen LogP contribution is 2.31. The molecule has 0 heterocycles. The maximum Gasteiger partial charge on any atom is 0.339 e. The second kappa shape index (κ2) is 11.7. The van der Waals surface area contributed by atoms with E-state index in [1.807, 2.05) is 0 Å². The van der Waals surface area contributed by atoms with E-state index >= 15 is 0 Å². The summed E-state index contributed by atoms with van der Waals surface area (Å²) in [7, 11) is 0. The van der Waals surface area contributed by atoms with Crippen LogP contribution in [0.2, 0.25) is 0 Å². The van der Waals surface area contributed by atoms with Gasteiger partial charge in [0.05, 0.1) is 6.61 Å². The van der Waals surface area contributed by atoms with Crippen LogP contribution < -0.4 is 0 Å². The Hall–Kier alpha value is -1.75. The number of unbranched alkanes of at least 4 members (excludes halogenated alkanes) is 7. The summed E-state index contributed by atoms with van der Waals surface area (Å²) in [6.45, 7) is 3.29. The maximum atomic E-state index is 11.2. The molecule has 5 nitrogen and oxygen atoms in total. The lowest BCUT2D eigenvalue weighted by Crippen LogP contribution is -2.07. The molecule has 24 heavy (non-hydrogen) atoms. The molecule has 1 aromatic carbocycles. The Balaban J connectivity index is 2.18. The van der Waals surface area contributed by atoms with E-state index in [0.29, 0.717) is 25.2 Å². The van der Waals surface area contributed by atoms with Crippen LogP contribution in [0.3, 0.4) is 0 Å². The molecule has 5 heteroatoms. The summed E-state index contributed by atoms with van der Waals surface area (Å²) in [5.74, 6) is -2.25. The van der Waals surface area contributed by atoms with Gasteiger partial charge in [-0.3, -0.25) is 0 Å². The van der Waals surface area contributed by atoms with Gasteiger partial charge < -0.3 is 20.1 Å². The molecule has 0 saturated heterocycles. The van der Waals surface area contributed by atoms with E-state index in [0.717, 1.165) is 12.8 Å². The fourth-order valence-electron chi connectivity index (χ4n) is 2.69. The first-order chi connectivity index (χ1) is 11.6. The van der Waals surface area contributed by atoms with Crippen molar-refractivity contribution < 1.29 is 24.9 Å². The number of hydrogen-bond acceptors (Lipinski definition) is 4. The molecule has 1 aromatic rings. The van der Waals surface area contributed by atoms with Crippen LogP contribution in [0.5, 0.6) is 11.5 Å². The summed E-state index contributed by atoms with van der Waals surface area (Å²) in [5.41, 5.74) is 0.222. The Bertz CT molecular complexity index is 499. The summed E-state index contributed by atoms with van der Waals surface area (Å²) < 4.78 is 5.55. The van der Waals surface area contributed by atoms with Gasteiger partial charge in [-0.2, -0.15) is 0 Å². The highest BCUT2D eigenvalue weighted by Gasteiger charge is 2.18. The summed E-state index contributed by atoms with van der Waals surface area (Å²) in [4.78, 5) is 11.2. The van der Waals surface area contributed by atoms with E-state index in [9.17, 15) is 15.0 Å². The number of aromatic hydroxyl groups is 2. The first-order valence-corrected chi connectivity index (χ1v) is 8.92. The normalized spacial score (nSPS) is 10.9. The molecule has 0 spiro atoms. The van der Waals surface area contributed by atoms with Gasteiger partial charge in [0.2, 0.25) is 0 Å². The van der Waals surface area contributed by atoms with Gasteiger partial charge >= 0.3 is 5.97 Å². The Morgan fingerprint density at radius 3 is 2.21 bits per heavy atom. The Morgan fingerprint density at radius 1 is 0.958 bits per heavy atom. The van der Waals surface area contributed by atoms with Gasteiger partial charge in [-0.1, -0.05) is 57.9 Å². The Labute approximate surface area is 144 Å². The summed E-state index contributed by atoms with van der Waals surface area (Å²) in [6.07, 6.45) is 10.3. The zero-order chi connectivity index (χ0) is 17.8. The van der Waals surface area contributed by atoms with Crippen LogP contribution in [-0.4, -0.2) is 34.5 Å². The van der Waals surface area contributed by atoms with Crippen molar-refractivity contribution in [2.45, 2.75) is 64.7 Å². The third-order valence-corrected chi connectivity index (χ3v) is 4.11. The fourth-order valence-corrected chi connectivity index (χ4v) is 2.69. The van der Waals surface area contributed by atoms with Crippen LogP contribution in [-0.2, 0) is 11.2 Å². The van der Waals surface area contributed by atoms with Gasteiger partial charge in [0, 0.05) is 6.61 Å². The largest absolute Gasteiger partial charge is 0.504 e. The van der Waals surface area contributed by atoms with Gasteiger partial charge in [0.15, 0.2) is 11.5 Å². The second-order valence-electron chi connectivity index (χ2n) is 6.11. The number of hydrogen-bond donors (Lipinski definition) is 3. The highest BCUT2D eigenvalue weighted by molar-refractivity contribution is 5.93. The lowest BCUT2D eigenvalue weighted by Gasteiger charge is -2.10. The number of rotatable bonds is 13. The number of phenols is 2. The van der Waals surface area contributed by atoms with E-state index in [2.05, 4.69) is 6.92 Å². The van der Waals surface area contributed by atoms with Crippen LogP contribution in [0, 0.1) is 0 Å². The van der Waals surface area contributed by atoms with Crippen molar-refractivity contribution in [3.8, 4) is 11.5 Å². The van der Waals surface area contributed by atoms with Gasteiger partial charge in [0.25, 0.3) is 0 Å². The minimum absolute atomic E-state index is 0.245. The van der Waals surface area contributed by atoms with E-state index in [1.165, 1.54) is 50.7 Å². The predicted octanol–water partition coefficient (Wildman–Crippen LogP) is 4.50. The lowest BCUT2D eigenvalue weighted by atomic mass is 10.0. The third-order valence-electron chi connectivity index (χ3n) is 4.11. The molecule has 0 aliphatic heterocycles. The average molecular weight is 338 g/mol. The molecule has 0 fully saturated rings.